The largest absolute Gasteiger partial charge is 0.469 e. The number of nitrogens with zero attached hydrogens (tertiary/aromatic N) is 1. The number of hydrogen-bond donors (Lipinski definition) is 2. The zero-order chi connectivity index (χ0) is 15.7. The van der Waals surface area contributed by atoms with E-state index in [0.29, 0.717) is 12.3 Å². The normalized spacial score (nSPS) is 14.8. The van der Waals surface area contributed by atoms with Crippen LogP contribution in [-0.2, 0) is 14.3 Å². The quantitative estimate of drug-likeness (QED) is 0.511. The highest BCUT2D eigenvalue weighted by atomic mass is 16.5. The summed E-state index contributed by atoms with van der Waals surface area (Å²) >= 11 is 0. The average molecular weight is 285 g/mol. The molecule has 2 unspecified atom stereocenters. The first kappa shape index (κ1) is 18.6. The van der Waals surface area contributed by atoms with Gasteiger partial charge in [-0.15, -0.1) is 0 Å². The third kappa shape index (κ3) is 7.23. The van der Waals surface area contributed by atoms with Crippen LogP contribution in [0.1, 0.15) is 40.0 Å². The smallest absolute Gasteiger partial charge is 0.305 e. The Balaban J connectivity index is 4.77. The first-order valence-corrected chi connectivity index (χ1v) is 6.90. The fraction of sp³-hybridized carbons (Fsp3) is 0.786. The SMILES string of the molecule is CNC(=O)C(CCC(=O)OC)N=C(C)C(N)CC(C)C. The van der Waals surface area contributed by atoms with Gasteiger partial charge in [-0.1, -0.05) is 13.8 Å². The Hall–Kier alpha value is -1.43. The molecule has 0 rings (SSSR count). The second kappa shape index (κ2) is 9.47. The molecule has 0 radical (unpaired) electrons. The lowest BCUT2D eigenvalue weighted by molar-refractivity contribution is -0.140. The minimum absolute atomic E-state index is 0.158. The maximum Gasteiger partial charge on any atom is 0.305 e. The van der Waals surface area contributed by atoms with Crippen LogP contribution in [0.15, 0.2) is 4.99 Å². The number of carbonyl (C=O) groups excluding carboxylic acids is 2. The number of likely N-dealkylation sites (N-methyl/N-ethyl adjacent to an activating group) is 1. The molecule has 0 aromatic rings. The molecule has 20 heavy (non-hydrogen) atoms. The Labute approximate surface area is 121 Å². The zero-order valence-electron chi connectivity index (χ0n) is 13.1. The summed E-state index contributed by atoms with van der Waals surface area (Å²) in [5.74, 6) is -0.105. The van der Waals surface area contributed by atoms with Gasteiger partial charge in [0, 0.05) is 25.2 Å². The van der Waals surface area contributed by atoms with Crippen LogP contribution in [0.5, 0.6) is 0 Å². The molecular weight excluding hydrogens is 258 g/mol. The van der Waals surface area contributed by atoms with E-state index in [1.165, 1.54) is 7.11 Å². The van der Waals surface area contributed by atoms with Crippen molar-refractivity contribution < 1.29 is 14.3 Å². The van der Waals surface area contributed by atoms with Crippen LogP contribution in [0, 0.1) is 5.92 Å². The van der Waals surface area contributed by atoms with Crippen LogP contribution in [0.3, 0.4) is 0 Å². The summed E-state index contributed by atoms with van der Waals surface area (Å²) < 4.78 is 4.58. The third-order valence-corrected chi connectivity index (χ3v) is 3.02. The van der Waals surface area contributed by atoms with E-state index in [4.69, 9.17) is 5.73 Å². The number of ether oxygens (including phenoxy) is 1. The number of aliphatic imine (C=N–C) groups is 1. The summed E-state index contributed by atoms with van der Waals surface area (Å²) in [6, 6.07) is -0.766. The predicted molar refractivity (Wildman–Crippen MR) is 79.6 cm³/mol. The summed E-state index contributed by atoms with van der Waals surface area (Å²) in [4.78, 5) is 27.3. The van der Waals surface area contributed by atoms with Crippen LogP contribution in [0.25, 0.3) is 0 Å². The highest BCUT2D eigenvalue weighted by molar-refractivity contribution is 5.91. The number of nitrogens with one attached hydrogen (secondary N) is 1. The van der Waals surface area contributed by atoms with Crippen LogP contribution in [0.4, 0.5) is 0 Å². The topological polar surface area (TPSA) is 93.8 Å². The van der Waals surface area contributed by atoms with E-state index in [9.17, 15) is 9.59 Å². The Kier molecular flexibility index (Phi) is 8.79. The lowest BCUT2D eigenvalue weighted by Crippen LogP contribution is -2.35. The number of nitrogens with two attached hydrogens (primary N) is 1. The number of hydrogen-bond acceptors (Lipinski definition) is 5. The monoisotopic (exact) mass is 285 g/mol. The Morgan fingerprint density at radius 1 is 1.35 bits per heavy atom. The zero-order valence-corrected chi connectivity index (χ0v) is 13.1. The molecule has 0 spiro atoms. The van der Waals surface area contributed by atoms with Crippen molar-refractivity contribution >= 4 is 17.6 Å². The van der Waals surface area contributed by atoms with Gasteiger partial charge in [0.1, 0.15) is 6.04 Å². The number of rotatable bonds is 8. The van der Waals surface area contributed by atoms with Gasteiger partial charge in [0.25, 0.3) is 0 Å². The minimum atomic E-state index is -0.600. The molecular formula is C14H27N3O3. The summed E-state index contributed by atoms with van der Waals surface area (Å²) in [6.45, 7) is 5.99. The van der Waals surface area contributed by atoms with Crippen molar-refractivity contribution in [2.45, 2.75) is 52.1 Å². The van der Waals surface area contributed by atoms with Crippen LogP contribution >= 0.6 is 0 Å². The van der Waals surface area contributed by atoms with Crippen molar-refractivity contribution in [3.63, 3.8) is 0 Å². The van der Waals surface area contributed by atoms with E-state index in [1.807, 2.05) is 6.92 Å². The molecule has 1 amide bonds. The van der Waals surface area contributed by atoms with Crippen molar-refractivity contribution in [2.75, 3.05) is 14.2 Å². The summed E-state index contributed by atoms with van der Waals surface area (Å²) in [5, 5.41) is 2.55. The first-order valence-electron chi connectivity index (χ1n) is 6.90. The van der Waals surface area contributed by atoms with Crippen molar-refractivity contribution in [1.82, 2.24) is 5.32 Å². The molecule has 2 atom stereocenters. The van der Waals surface area contributed by atoms with Gasteiger partial charge < -0.3 is 15.8 Å². The standard InChI is InChI=1S/C14H27N3O3/c1-9(2)8-11(15)10(3)17-12(14(19)16-4)6-7-13(18)20-5/h9,11-12H,6-8,15H2,1-5H3,(H,16,19). The summed E-state index contributed by atoms with van der Waals surface area (Å²) in [7, 11) is 2.87. The maximum atomic E-state index is 11.8. The van der Waals surface area contributed by atoms with E-state index in [1.54, 1.807) is 7.05 Å². The van der Waals surface area contributed by atoms with Gasteiger partial charge in [0.2, 0.25) is 5.91 Å². The van der Waals surface area contributed by atoms with Gasteiger partial charge in [-0.05, 0) is 25.7 Å². The van der Waals surface area contributed by atoms with Gasteiger partial charge in [0.05, 0.1) is 7.11 Å². The van der Waals surface area contributed by atoms with E-state index in [-0.39, 0.29) is 24.3 Å². The van der Waals surface area contributed by atoms with Gasteiger partial charge in [0.15, 0.2) is 0 Å². The van der Waals surface area contributed by atoms with Gasteiger partial charge >= 0.3 is 5.97 Å². The third-order valence-electron chi connectivity index (χ3n) is 3.02. The molecule has 0 aromatic carbocycles. The fourth-order valence-electron chi connectivity index (χ4n) is 1.80. The molecule has 0 saturated carbocycles. The number of methoxy groups -OCH3 is 1. The van der Waals surface area contributed by atoms with Crippen molar-refractivity contribution in [1.29, 1.82) is 0 Å². The highest BCUT2D eigenvalue weighted by Gasteiger charge is 2.19. The second-order valence-electron chi connectivity index (χ2n) is 5.25. The second-order valence-corrected chi connectivity index (χ2v) is 5.25. The Morgan fingerprint density at radius 3 is 2.40 bits per heavy atom. The molecule has 116 valence electrons. The first-order chi connectivity index (χ1) is 9.31. The molecule has 6 heteroatoms. The van der Waals surface area contributed by atoms with Crippen molar-refractivity contribution in [3.05, 3.63) is 0 Å². The molecule has 0 aromatic heterocycles. The lowest BCUT2D eigenvalue weighted by Gasteiger charge is -2.17. The number of esters is 1. The molecule has 0 fully saturated rings. The Morgan fingerprint density at radius 2 is 1.95 bits per heavy atom. The van der Waals surface area contributed by atoms with E-state index < -0.39 is 6.04 Å². The minimum Gasteiger partial charge on any atom is -0.469 e. The lowest BCUT2D eigenvalue weighted by atomic mass is 10.0. The molecule has 6 nitrogen and oxygen atoms in total. The van der Waals surface area contributed by atoms with Crippen LogP contribution in [-0.4, -0.2) is 43.8 Å². The molecule has 0 aliphatic rings. The van der Waals surface area contributed by atoms with Gasteiger partial charge in [-0.25, -0.2) is 0 Å². The van der Waals surface area contributed by atoms with E-state index in [2.05, 4.69) is 28.9 Å². The van der Waals surface area contributed by atoms with Crippen LogP contribution in [0.2, 0.25) is 0 Å². The molecule has 0 heterocycles. The molecule has 0 aliphatic carbocycles. The summed E-state index contributed by atoms with van der Waals surface area (Å²) in [6.07, 6.45) is 1.29. The Bertz CT molecular complexity index is 354. The average Bonchev–Trinajstić information content (AvgIpc) is 2.40. The molecule has 3 N–H and O–H groups in total. The fourth-order valence-corrected chi connectivity index (χ4v) is 1.80. The van der Waals surface area contributed by atoms with Gasteiger partial charge in [-0.2, -0.15) is 0 Å². The highest BCUT2D eigenvalue weighted by Crippen LogP contribution is 2.09. The molecule has 0 bridgehead atoms. The summed E-state index contributed by atoms with van der Waals surface area (Å²) in [5.41, 5.74) is 6.77. The molecule has 0 saturated heterocycles. The van der Waals surface area contributed by atoms with Crippen LogP contribution < -0.4 is 11.1 Å². The van der Waals surface area contributed by atoms with E-state index >= 15 is 0 Å². The van der Waals surface area contributed by atoms with Crippen molar-refractivity contribution in [3.8, 4) is 0 Å². The number of carbonyl (C=O) groups is 2. The number of amides is 1. The molecule has 0 aliphatic heterocycles. The maximum absolute atomic E-state index is 11.8. The predicted octanol–water partition coefficient (Wildman–Crippen LogP) is 0.888. The van der Waals surface area contributed by atoms with Crippen molar-refractivity contribution in [2.24, 2.45) is 16.6 Å². The van der Waals surface area contributed by atoms with Gasteiger partial charge in [-0.3, -0.25) is 14.6 Å². The van der Waals surface area contributed by atoms with E-state index in [0.717, 1.165) is 12.1 Å².